The van der Waals surface area contributed by atoms with Gasteiger partial charge in [0, 0.05) is 44.0 Å². The third-order valence-corrected chi connectivity index (χ3v) is 5.09. The van der Waals surface area contributed by atoms with Crippen LogP contribution in [0.15, 0.2) is 42.7 Å². The van der Waals surface area contributed by atoms with Gasteiger partial charge in [0.15, 0.2) is 0 Å². The van der Waals surface area contributed by atoms with Crippen molar-refractivity contribution in [1.29, 1.82) is 0 Å². The first-order valence-electron chi connectivity index (χ1n) is 8.36. The number of nitrogens with one attached hydrogen (secondary N) is 1. The molecule has 3 heterocycles. The molecule has 0 unspecified atom stereocenters. The van der Waals surface area contributed by atoms with Crippen LogP contribution in [-0.2, 0) is 17.9 Å². The summed E-state index contributed by atoms with van der Waals surface area (Å²) in [4.78, 5) is 14.3. The first-order chi connectivity index (χ1) is 11.3. The Kier molecular flexibility index (Phi) is 3.87. The number of nitrogens with zero attached hydrogens (tertiary/aromatic N) is 3. The minimum absolute atomic E-state index is 0.201. The third-order valence-electron chi connectivity index (χ3n) is 5.09. The van der Waals surface area contributed by atoms with Crippen molar-refractivity contribution in [2.75, 3.05) is 6.54 Å². The Bertz CT molecular complexity index is 682. The number of carbonyl (C=O) groups excluding carboxylic acids is 1. The SMILES string of the molecule is O=C1C[C@@H]2CC[C@H](CN1)N2Cc1ccccc1Cn1cccn1. The number of hydrogen-bond acceptors (Lipinski definition) is 3. The van der Waals surface area contributed by atoms with Gasteiger partial charge in [-0.3, -0.25) is 14.4 Å². The summed E-state index contributed by atoms with van der Waals surface area (Å²) in [6.45, 7) is 2.50. The molecule has 1 amide bonds. The van der Waals surface area contributed by atoms with Gasteiger partial charge >= 0.3 is 0 Å². The summed E-state index contributed by atoms with van der Waals surface area (Å²) in [6, 6.07) is 11.4. The summed E-state index contributed by atoms with van der Waals surface area (Å²) in [7, 11) is 0. The van der Waals surface area contributed by atoms with Gasteiger partial charge in [0.2, 0.25) is 5.91 Å². The first-order valence-corrected chi connectivity index (χ1v) is 8.36. The summed E-state index contributed by atoms with van der Waals surface area (Å²) < 4.78 is 1.96. The van der Waals surface area contributed by atoms with Crippen LogP contribution in [0.2, 0.25) is 0 Å². The molecular formula is C18H22N4O. The van der Waals surface area contributed by atoms with Crippen LogP contribution < -0.4 is 5.32 Å². The van der Waals surface area contributed by atoms with Crippen LogP contribution in [-0.4, -0.2) is 39.2 Å². The van der Waals surface area contributed by atoms with E-state index in [1.165, 1.54) is 17.5 Å². The third kappa shape index (κ3) is 3.01. The van der Waals surface area contributed by atoms with Crippen molar-refractivity contribution in [1.82, 2.24) is 20.0 Å². The van der Waals surface area contributed by atoms with Crippen LogP contribution in [0.4, 0.5) is 0 Å². The predicted octanol–water partition coefficient (Wildman–Crippen LogP) is 1.78. The van der Waals surface area contributed by atoms with Gasteiger partial charge in [-0.05, 0) is 30.0 Å². The topological polar surface area (TPSA) is 50.2 Å². The van der Waals surface area contributed by atoms with Crippen molar-refractivity contribution in [2.45, 2.75) is 44.4 Å². The van der Waals surface area contributed by atoms with Crippen molar-refractivity contribution in [3.8, 4) is 0 Å². The summed E-state index contributed by atoms with van der Waals surface area (Å²) in [5.41, 5.74) is 2.65. The Hall–Kier alpha value is -2.14. The van der Waals surface area contributed by atoms with Crippen LogP contribution in [0.1, 0.15) is 30.4 Å². The van der Waals surface area contributed by atoms with Crippen LogP contribution in [0.25, 0.3) is 0 Å². The van der Waals surface area contributed by atoms with Gasteiger partial charge in [0.05, 0.1) is 6.54 Å². The van der Waals surface area contributed by atoms with E-state index in [1.807, 2.05) is 23.1 Å². The van der Waals surface area contributed by atoms with Crippen molar-refractivity contribution in [2.24, 2.45) is 0 Å². The maximum Gasteiger partial charge on any atom is 0.221 e. The Labute approximate surface area is 136 Å². The van der Waals surface area contributed by atoms with Crippen molar-refractivity contribution in [3.05, 3.63) is 53.9 Å². The highest BCUT2D eigenvalue weighted by Gasteiger charge is 2.37. The van der Waals surface area contributed by atoms with E-state index in [4.69, 9.17) is 0 Å². The lowest BCUT2D eigenvalue weighted by Gasteiger charge is -2.28. The molecule has 2 fully saturated rings. The zero-order chi connectivity index (χ0) is 15.6. The maximum atomic E-state index is 11.8. The van der Waals surface area contributed by atoms with Crippen LogP contribution in [0, 0.1) is 0 Å². The van der Waals surface area contributed by atoms with Crippen LogP contribution in [0.5, 0.6) is 0 Å². The lowest BCUT2D eigenvalue weighted by molar-refractivity contribution is -0.121. The average molecular weight is 310 g/mol. The molecule has 2 saturated heterocycles. The quantitative estimate of drug-likeness (QED) is 0.936. The van der Waals surface area contributed by atoms with Crippen molar-refractivity contribution in [3.63, 3.8) is 0 Å². The zero-order valence-electron chi connectivity index (χ0n) is 13.2. The van der Waals surface area contributed by atoms with Gasteiger partial charge in [-0.2, -0.15) is 5.10 Å². The summed E-state index contributed by atoms with van der Waals surface area (Å²) >= 11 is 0. The molecule has 2 aromatic rings. The van der Waals surface area contributed by atoms with Gasteiger partial charge < -0.3 is 5.32 Å². The van der Waals surface area contributed by atoms with E-state index in [9.17, 15) is 4.79 Å². The minimum atomic E-state index is 0.201. The van der Waals surface area contributed by atoms with Crippen LogP contribution in [0.3, 0.4) is 0 Å². The lowest BCUT2D eigenvalue weighted by Crippen LogP contribution is -2.37. The van der Waals surface area contributed by atoms with Gasteiger partial charge in [-0.1, -0.05) is 24.3 Å². The largest absolute Gasteiger partial charge is 0.354 e. The number of amides is 1. The van der Waals surface area contributed by atoms with E-state index in [0.717, 1.165) is 26.1 Å². The number of fused-ring (bicyclic) bond motifs is 2. The van der Waals surface area contributed by atoms with Gasteiger partial charge in [-0.15, -0.1) is 0 Å². The monoisotopic (exact) mass is 310 g/mol. The lowest BCUT2D eigenvalue weighted by atomic mass is 10.1. The van der Waals surface area contributed by atoms with E-state index < -0.39 is 0 Å². The summed E-state index contributed by atoms with van der Waals surface area (Å²) in [5, 5.41) is 7.36. The Morgan fingerprint density at radius 1 is 1.09 bits per heavy atom. The van der Waals surface area contributed by atoms with Gasteiger partial charge in [-0.25, -0.2) is 0 Å². The fourth-order valence-corrected chi connectivity index (χ4v) is 3.86. The van der Waals surface area contributed by atoms with Crippen molar-refractivity contribution >= 4 is 5.91 Å². The number of carbonyl (C=O) groups is 1. The molecule has 23 heavy (non-hydrogen) atoms. The van der Waals surface area contributed by atoms with E-state index in [2.05, 4.69) is 39.6 Å². The molecule has 2 bridgehead atoms. The Balaban J connectivity index is 1.55. The fourth-order valence-electron chi connectivity index (χ4n) is 3.86. The first kappa shape index (κ1) is 14.5. The number of rotatable bonds is 4. The Morgan fingerprint density at radius 2 is 1.87 bits per heavy atom. The second-order valence-corrected chi connectivity index (χ2v) is 6.54. The normalized spacial score (nSPS) is 24.4. The van der Waals surface area contributed by atoms with Crippen LogP contribution >= 0.6 is 0 Å². The van der Waals surface area contributed by atoms with E-state index in [-0.39, 0.29) is 5.91 Å². The highest BCUT2D eigenvalue weighted by molar-refractivity contribution is 5.77. The molecular weight excluding hydrogens is 288 g/mol. The zero-order valence-corrected chi connectivity index (χ0v) is 13.2. The average Bonchev–Trinajstić information content (AvgIpc) is 3.14. The second-order valence-electron chi connectivity index (χ2n) is 6.54. The molecule has 0 radical (unpaired) electrons. The molecule has 4 rings (SSSR count). The predicted molar refractivity (Wildman–Crippen MR) is 87.8 cm³/mol. The summed E-state index contributed by atoms with van der Waals surface area (Å²) in [5.74, 6) is 0.201. The Morgan fingerprint density at radius 3 is 2.65 bits per heavy atom. The second kappa shape index (κ2) is 6.16. The summed E-state index contributed by atoms with van der Waals surface area (Å²) in [6.07, 6.45) is 6.77. The molecule has 5 heteroatoms. The molecule has 1 aromatic carbocycles. The molecule has 2 atom stereocenters. The van der Waals surface area contributed by atoms with Gasteiger partial charge in [0.25, 0.3) is 0 Å². The highest BCUT2D eigenvalue weighted by Crippen LogP contribution is 2.30. The molecule has 5 nitrogen and oxygen atoms in total. The molecule has 0 spiro atoms. The molecule has 2 aliphatic heterocycles. The van der Waals surface area contributed by atoms with Crippen molar-refractivity contribution < 1.29 is 4.79 Å². The van der Waals surface area contributed by atoms with E-state index >= 15 is 0 Å². The number of hydrogen-bond donors (Lipinski definition) is 1. The maximum absolute atomic E-state index is 11.8. The molecule has 120 valence electrons. The van der Waals surface area contributed by atoms with Gasteiger partial charge in [0.1, 0.15) is 0 Å². The highest BCUT2D eigenvalue weighted by atomic mass is 16.1. The smallest absolute Gasteiger partial charge is 0.221 e. The van der Waals surface area contributed by atoms with E-state index in [1.54, 1.807) is 0 Å². The standard InChI is InChI=1S/C18H22N4O/c23-18-10-16-6-7-17(11-19-18)22(16)13-15-5-2-1-4-14(15)12-21-9-3-8-20-21/h1-5,8-9,16-17H,6-7,10-13H2,(H,19,23)/t16-,17+/m0/s1. The number of benzene rings is 1. The molecule has 0 aliphatic carbocycles. The van der Waals surface area contributed by atoms with E-state index in [0.29, 0.717) is 18.5 Å². The molecule has 2 aliphatic rings. The minimum Gasteiger partial charge on any atom is -0.354 e. The fraction of sp³-hybridized carbons (Fsp3) is 0.444. The molecule has 0 saturated carbocycles. The number of aromatic nitrogens is 2. The molecule has 1 aromatic heterocycles. The molecule has 1 N–H and O–H groups in total.